The average Bonchev–Trinajstić information content (AvgIpc) is 2.51. The van der Waals surface area contributed by atoms with Crippen molar-refractivity contribution in [1.82, 2.24) is 0 Å². The molecule has 23 heavy (non-hydrogen) atoms. The number of hydrogen-bond donors (Lipinski definition) is 0. The third-order valence-corrected chi connectivity index (χ3v) is 4.73. The predicted molar refractivity (Wildman–Crippen MR) is 93.0 cm³/mol. The van der Waals surface area contributed by atoms with Crippen LogP contribution in [0.5, 0.6) is 5.75 Å². The third kappa shape index (κ3) is 4.98. The van der Waals surface area contributed by atoms with Crippen molar-refractivity contribution in [3.05, 3.63) is 58.6 Å². The highest BCUT2D eigenvalue weighted by Crippen LogP contribution is 2.22. The van der Waals surface area contributed by atoms with E-state index in [-0.39, 0.29) is 13.2 Å². The van der Waals surface area contributed by atoms with Crippen LogP contribution >= 0.6 is 15.9 Å². The molecule has 120 valence electrons. The van der Waals surface area contributed by atoms with E-state index < -0.39 is 10.0 Å². The van der Waals surface area contributed by atoms with Crippen LogP contribution in [0.1, 0.15) is 5.56 Å². The number of anilines is 1. The summed E-state index contributed by atoms with van der Waals surface area (Å²) in [6, 6.07) is 15.8. The fourth-order valence-corrected chi connectivity index (χ4v) is 3.28. The number of sulfonamides is 1. The number of rotatable bonds is 6. The summed E-state index contributed by atoms with van der Waals surface area (Å²) in [6.45, 7) is 0.390. The molecule has 7 heteroatoms. The van der Waals surface area contributed by atoms with Gasteiger partial charge in [-0.1, -0.05) is 22.0 Å². The first-order valence-corrected chi connectivity index (χ1v) is 9.40. The van der Waals surface area contributed by atoms with Crippen molar-refractivity contribution in [3.8, 4) is 11.8 Å². The Labute approximate surface area is 144 Å². The zero-order valence-electron chi connectivity index (χ0n) is 12.4. The Balaban J connectivity index is 2.06. The summed E-state index contributed by atoms with van der Waals surface area (Å²) in [5, 5.41) is 8.75. The number of nitriles is 1. The normalized spacial score (nSPS) is 10.8. The number of benzene rings is 2. The van der Waals surface area contributed by atoms with Gasteiger partial charge in [0.25, 0.3) is 0 Å². The van der Waals surface area contributed by atoms with Crippen molar-refractivity contribution in [1.29, 1.82) is 5.26 Å². The van der Waals surface area contributed by atoms with E-state index in [0.717, 1.165) is 10.7 Å². The summed E-state index contributed by atoms with van der Waals surface area (Å²) in [6.07, 6.45) is 1.16. The van der Waals surface area contributed by atoms with Crippen LogP contribution in [0.2, 0.25) is 0 Å². The number of hydrogen-bond acceptors (Lipinski definition) is 4. The number of nitrogens with zero attached hydrogens (tertiary/aromatic N) is 2. The van der Waals surface area contributed by atoms with Gasteiger partial charge in [0.15, 0.2) is 0 Å². The summed E-state index contributed by atoms with van der Waals surface area (Å²) in [4.78, 5) is 0. The van der Waals surface area contributed by atoms with Gasteiger partial charge in [-0.05, 0) is 42.5 Å². The monoisotopic (exact) mass is 394 g/mol. The van der Waals surface area contributed by atoms with E-state index in [4.69, 9.17) is 10.00 Å². The van der Waals surface area contributed by atoms with Crippen molar-refractivity contribution >= 4 is 31.6 Å². The highest BCUT2D eigenvalue weighted by atomic mass is 79.9. The average molecular weight is 395 g/mol. The Kier molecular flexibility index (Phi) is 5.64. The molecule has 0 heterocycles. The highest BCUT2D eigenvalue weighted by Gasteiger charge is 2.17. The molecule has 0 atom stereocenters. The molecule has 0 aliphatic rings. The Hall–Kier alpha value is -2.04. The lowest BCUT2D eigenvalue weighted by molar-refractivity contribution is 0.328. The zero-order chi connectivity index (χ0) is 16.9. The molecule has 0 saturated heterocycles. The lowest BCUT2D eigenvalue weighted by Crippen LogP contribution is -2.33. The first-order chi connectivity index (χ1) is 10.9. The van der Waals surface area contributed by atoms with Gasteiger partial charge in [0.1, 0.15) is 12.4 Å². The molecule has 0 saturated carbocycles. The molecule has 2 aromatic rings. The summed E-state index contributed by atoms with van der Waals surface area (Å²) in [5.41, 5.74) is 1.12. The van der Waals surface area contributed by atoms with Gasteiger partial charge >= 0.3 is 0 Å². The van der Waals surface area contributed by atoms with Crippen LogP contribution in [0.25, 0.3) is 0 Å². The van der Waals surface area contributed by atoms with Crippen molar-refractivity contribution in [3.63, 3.8) is 0 Å². The maximum atomic E-state index is 12.0. The highest BCUT2D eigenvalue weighted by molar-refractivity contribution is 9.10. The van der Waals surface area contributed by atoms with Gasteiger partial charge in [-0.25, -0.2) is 8.42 Å². The summed E-state index contributed by atoms with van der Waals surface area (Å²) in [7, 11) is -3.41. The van der Waals surface area contributed by atoms with Gasteiger partial charge in [-0.2, -0.15) is 5.26 Å². The molecular weight excluding hydrogens is 380 g/mol. The minimum atomic E-state index is -3.41. The lowest BCUT2D eigenvalue weighted by Gasteiger charge is -2.22. The summed E-state index contributed by atoms with van der Waals surface area (Å²) in [5.74, 6) is 0.590. The van der Waals surface area contributed by atoms with Crippen molar-refractivity contribution in [2.75, 3.05) is 23.7 Å². The van der Waals surface area contributed by atoms with Gasteiger partial charge in [-0.3, -0.25) is 4.31 Å². The molecule has 0 aromatic heterocycles. The lowest BCUT2D eigenvalue weighted by atomic mass is 10.2. The Morgan fingerprint density at radius 1 is 1.22 bits per heavy atom. The van der Waals surface area contributed by atoms with Gasteiger partial charge in [-0.15, -0.1) is 0 Å². The first kappa shape index (κ1) is 17.3. The van der Waals surface area contributed by atoms with Crippen LogP contribution in [0.15, 0.2) is 53.0 Å². The minimum absolute atomic E-state index is 0.190. The third-order valence-electron chi connectivity index (χ3n) is 3.04. The molecule has 0 unspecified atom stereocenters. The van der Waals surface area contributed by atoms with Gasteiger partial charge in [0, 0.05) is 4.47 Å². The quantitative estimate of drug-likeness (QED) is 0.754. The zero-order valence-corrected chi connectivity index (χ0v) is 14.8. The molecule has 0 aliphatic carbocycles. The SMILES string of the molecule is CS(=O)(=O)N(CCOc1ccc(C#N)cc1)c1cccc(Br)c1. The second-order valence-electron chi connectivity index (χ2n) is 4.80. The second kappa shape index (κ2) is 7.49. The van der Waals surface area contributed by atoms with E-state index in [1.165, 1.54) is 4.31 Å². The molecule has 5 nitrogen and oxygen atoms in total. The molecule has 0 spiro atoms. The molecular formula is C16H15BrN2O3S. The molecule has 0 amide bonds. The minimum Gasteiger partial charge on any atom is -0.492 e. The van der Waals surface area contributed by atoms with E-state index in [2.05, 4.69) is 15.9 Å². The molecule has 0 aliphatic heterocycles. The van der Waals surface area contributed by atoms with Crippen LogP contribution in [0.3, 0.4) is 0 Å². The van der Waals surface area contributed by atoms with E-state index in [1.54, 1.807) is 42.5 Å². The van der Waals surface area contributed by atoms with Gasteiger partial charge < -0.3 is 4.74 Å². The van der Waals surface area contributed by atoms with E-state index in [1.807, 2.05) is 12.1 Å². The van der Waals surface area contributed by atoms with Crippen LogP contribution in [-0.2, 0) is 10.0 Å². The summed E-state index contributed by atoms with van der Waals surface area (Å²) < 4.78 is 31.6. The maximum Gasteiger partial charge on any atom is 0.232 e. The predicted octanol–water partition coefficient (Wildman–Crippen LogP) is 3.17. The molecule has 0 N–H and O–H groups in total. The molecule has 0 bridgehead atoms. The molecule has 0 radical (unpaired) electrons. The fraction of sp³-hybridized carbons (Fsp3) is 0.188. The summed E-state index contributed by atoms with van der Waals surface area (Å²) >= 11 is 3.34. The van der Waals surface area contributed by atoms with Crippen molar-refractivity contribution in [2.24, 2.45) is 0 Å². The molecule has 2 aromatic carbocycles. The largest absolute Gasteiger partial charge is 0.492 e. The molecule has 0 fully saturated rings. The van der Waals surface area contributed by atoms with Gasteiger partial charge in [0.2, 0.25) is 10.0 Å². The van der Waals surface area contributed by atoms with E-state index in [9.17, 15) is 8.42 Å². The Morgan fingerprint density at radius 2 is 1.91 bits per heavy atom. The maximum absolute atomic E-state index is 12.0. The van der Waals surface area contributed by atoms with Crippen molar-refractivity contribution < 1.29 is 13.2 Å². The van der Waals surface area contributed by atoms with Gasteiger partial charge in [0.05, 0.1) is 30.1 Å². The number of ether oxygens (including phenoxy) is 1. The smallest absolute Gasteiger partial charge is 0.232 e. The first-order valence-electron chi connectivity index (χ1n) is 6.76. The fourth-order valence-electron chi connectivity index (χ4n) is 1.99. The standard InChI is InChI=1S/C16H15BrN2O3S/c1-23(20,21)19(15-4-2-3-14(17)11-15)9-10-22-16-7-5-13(12-18)6-8-16/h2-8,11H,9-10H2,1H3. The molecule has 2 rings (SSSR count). The number of halogens is 1. The Morgan fingerprint density at radius 3 is 2.48 bits per heavy atom. The van der Waals surface area contributed by atoms with Crippen molar-refractivity contribution in [2.45, 2.75) is 0 Å². The Bertz CT molecular complexity index is 814. The topological polar surface area (TPSA) is 70.4 Å². The van der Waals surface area contributed by atoms with Crippen LogP contribution in [0, 0.1) is 11.3 Å². The van der Waals surface area contributed by atoms with Crippen LogP contribution in [-0.4, -0.2) is 27.8 Å². The van der Waals surface area contributed by atoms with Crippen LogP contribution in [0.4, 0.5) is 5.69 Å². The van der Waals surface area contributed by atoms with E-state index in [0.29, 0.717) is 17.0 Å². The second-order valence-corrected chi connectivity index (χ2v) is 7.62. The van der Waals surface area contributed by atoms with E-state index >= 15 is 0 Å². The van der Waals surface area contributed by atoms with Crippen LogP contribution < -0.4 is 9.04 Å².